The molecule has 0 saturated heterocycles. The zero-order valence-electron chi connectivity index (χ0n) is 16.9. The molecule has 32 heavy (non-hydrogen) atoms. The van der Waals surface area contributed by atoms with E-state index in [0.29, 0.717) is 9.92 Å². The van der Waals surface area contributed by atoms with Crippen molar-refractivity contribution in [1.82, 2.24) is 9.78 Å². The molecular formula is C21H17ClF3N3O3S. The van der Waals surface area contributed by atoms with Crippen molar-refractivity contribution >= 4 is 35.5 Å². The molecule has 0 bridgehead atoms. The first-order valence-corrected chi connectivity index (χ1v) is 10.3. The number of carbonyl (C=O) groups excluding carboxylic acids is 1. The molecule has 3 aromatic rings. The van der Waals surface area contributed by atoms with Gasteiger partial charge in [0.1, 0.15) is 11.6 Å². The van der Waals surface area contributed by atoms with Crippen molar-refractivity contribution in [2.24, 2.45) is 12.2 Å². The van der Waals surface area contributed by atoms with Crippen molar-refractivity contribution in [2.75, 3.05) is 7.11 Å². The zero-order chi connectivity index (χ0) is 23.3. The molecule has 0 saturated carbocycles. The van der Waals surface area contributed by atoms with Gasteiger partial charge in [-0.3, -0.25) is 4.68 Å². The third kappa shape index (κ3) is 5.63. The maximum absolute atomic E-state index is 13.6. The molecule has 168 valence electrons. The lowest BCUT2D eigenvalue weighted by Crippen LogP contribution is -2.09. The topological polar surface area (TPSA) is 65.7 Å². The van der Waals surface area contributed by atoms with E-state index in [1.807, 2.05) is 0 Å². The molecule has 0 spiro atoms. The summed E-state index contributed by atoms with van der Waals surface area (Å²) in [5, 5.41) is 8.00. The van der Waals surface area contributed by atoms with Gasteiger partial charge in [-0.2, -0.15) is 18.3 Å². The molecule has 6 nitrogen and oxygen atoms in total. The fourth-order valence-corrected chi connectivity index (χ4v) is 3.87. The molecular weight excluding hydrogens is 467 g/mol. The fraction of sp³-hybridized carbons (Fsp3) is 0.190. The van der Waals surface area contributed by atoms with Crippen LogP contribution in [-0.4, -0.2) is 29.1 Å². The van der Waals surface area contributed by atoms with Gasteiger partial charge < -0.3 is 9.57 Å². The third-order valence-corrected chi connectivity index (χ3v) is 5.70. The van der Waals surface area contributed by atoms with E-state index in [2.05, 4.69) is 10.3 Å². The first-order chi connectivity index (χ1) is 15.2. The zero-order valence-corrected chi connectivity index (χ0v) is 18.5. The van der Waals surface area contributed by atoms with Crippen LogP contribution in [0.4, 0.5) is 13.2 Å². The van der Waals surface area contributed by atoms with Gasteiger partial charge in [0.2, 0.25) is 0 Å². The second-order valence-electron chi connectivity index (χ2n) is 6.41. The van der Waals surface area contributed by atoms with Crippen molar-refractivity contribution in [3.8, 4) is 0 Å². The monoisotopic (exact) mass is 483 g/mol. The van der Waals surface area contributed by atoms with Crippen LogP contribution in [0.3, 0.4) is 0 Å². The van der Waals surface area contributed by atoms with Crippen LogP contribution >= 0.6 is 23.4 Å². The molecule has 3 rings (SSSR count). The predicted molar refractivity (Wildman–Crippen MR) is 114 cm³/mol. The van der Waals surface area contributed by atoms with Gasteiger partial charge in [-0.15, -0.1) is 0 Å². The predicted octanol–water partition coefficient (Wildman–Crippen LogP) is 5.58. The number of esters is 1. The summed E-state index contributed by atoms with van der Waals surface area (Å²) in [5.74, 6) is -0.604. The number of hydrogen-bond acceptors (Lipinski definition) is 6. The number of hydrogen-bond donors (Lipinski definition) is 0. The van der Waals surface area contributed by atoms with E-state index < -0.39 is 17.8 Å². The number of alkyl halides is 3. The molecule has 1 aromatic heterocycles. The van der Waals surface area contributed by atoms with E-state index in [1.165, 1.54) is 20.2 Å². The average molecular weight is 484 g/mol. The van der Waals surface area contributed by atoms with Crippen molar-refractivity contribution in [3.63, 3.8) is 0 Å². The van der Waals surface area contributed by atoms with E-state index in [-0.39, 0.29) is 22.8 Å². The molecule has 0 aliphatic carbocycles. The van der Waals surface area contributed by atoms with Crippen LogP contribution in [0.5, 0.6) is 0 Å². The van der Waals surface area contributed by atoms with E-state index in [9.17, 15) is 18.0 Å². The Hall–Kier alpha value is -2.98. The standard InChI is InChI=1S/C21H17ClF3N3O3S/c1-28-19(32-17-6-4-3-5-15(17)20(29)30-2)16(18(27-28)21(23,24)25)11-26-31-12-13-7-9-14(22)10-8-13/h3-11H,12H2,1-2H3/b26-11-. The number of nitrogens with zero attached hydrogens (tertiary/aromatic N) is 3. The molecule has 2 aromatic carbocycles. The van der Waals surface area contributed by atoms with E-state index >= 15 is 0 Å². The number of carbonyl (C=O) groups is 1. The minimum absolute atomic E-state index is 0.0446. The number of oxime groups is 1. The second-order valence-corrected chi connectivity index (χ2v) is 7.88. The summed E-state index contributed by atoms with van der Waals surface area (Å²) in [6.45, 7) is 0.0446. The highest BCUT2D eigenvalue weighted by Crippen LogP contribution is 2.38. The minimum Gasteiger partial charge on any atom is -0.465 e. The average Bonchev–Trinajstić information content (AvgIpc) is 3.08. The quantitative estimate of drug-likeness (QED) is 0.249. The highest BCUT2D eigenvalue weighted by atomic mass is 35.5. The Morgan fingerprint density at radius 2 is 1.91 bits per heavy atom. The molecule has 0 unspecified atom stereocenters. The summed E-state index contributed by atoms with van der Waals surface area (Å²) in [4.78, 5) is 17.6. The lowest BCUT2D eigenvalue weighted by atomic mass is 10.2. The van der Waals surface area contributed by atoms with Crippen LogP contribution in [-0.2, 0) is 29.4 Å². The first-order valence-electron chi connectivity index (χ1n) is 9.10. The summed E-state index contributed by atoms with van der Waals surface area (Å²) in [5.41, 5.74) is -0.426. The van der Waals surface area contributed by atoms with Gasteiger partial charge in [0.15, 0.2) is 5.69 Å². The molecule has 0 N–H and O–H groups in total. The number of benzene rings is 2. The lowest BCUT2D eigenvalue weighted by Gasteiger charge is -2.09. The fourth-order valence-electron chi connectivity index (χ4n) is 2.69. The van der Waals surface area contributed by atoms with Crippen LogP contribution in [0.25, 0.3) is 0 Å². The van der Waals surface area contributed by atoms with Crippen molar-refractivity contribution in [2.45, 2.75) is 22.7 Å². The number of ether oxygens (including phenoxy) is 1. The third-order valence-electron chi connectivity index (χ3n) is 4.20. The smallest absolute Gasteiger partial charge is 0.435 e. The number of halogens is 4. The Labute approximate surface area is 191 Å². The molecule has 0 aliphatic rings. The van der Waals surface area contributed by atoms with Gasteiger partial charge >= 0.3 is 12.1 Å². The summed E-state index contributed by atoms with van der Waals surface area (Å²) in [6.07, 6.45) is -3.75. The maximum atomic E-state index is 13.6. The molecule has 0 amide bonds. The van der Waals surface area contributed by atoms with Crippen molar-refractivity contribution in [3.05, 3.63) is 75.9 Å². The summed E-state index contributed by atoms with van der Waals surface area (Å²) in [7, 11) is 2.61. The molecule has 0 atom stereocenters. The highest BCUT2D eigenvalue weighted by molar-refractivity contribution is 7.99. The van der Waals surface area contributed by atoms with Crippen LogP contribution in [0, 0.1) is 0 Å². The molecule has 1 heterocycles. The van der Waals surface area contributed by atoms with Gasteiger partial charge in [-0.05, 0) is 29.8 Å². The molecule has 11 heteroatoms. The SMILES string of the molecule is COC(=O)c1ccccc1Sc1c(/C=N\OCc2ccc(Cl)cc2)c(C(F)(F)F)nn1C. The largest absolute Gasteiger partial charge is 0.465 e. The number of rotatable bonds is 7. The van der Waals surface area contributed by atoms with Gasteiger partial charge in [0.25, 0.3) is 0 Å². The first kappa shape index (κ1) is 23.7. The van der Waals surface area contributed by atoms with Gasteiger partial charge in [0, 0.05) is 17.0 Å². The normalized spacial score (nSPS) is 11.7. The summed E-state index contributed by atoms with van der Waals surface area (Å²) < 4.78 is 46.6. The number of methoxy groups -OCH3 is 1. The number of aromatic nitrogens is 2. The van der Waals surface area contributed by atoms with E-state index in [4.69, 9.17) is 21.2 Å². The molecule has 0 fully saturated rings. The Kier molecular flexibility index (Phi) is 7.47. The lowest BCUT2D eigenvalue weighted by molar-refractivity contribution is -0.141. The van der Waals surface area contributed by atoms with Crippen LogP contribution in [0.1, 0.15) is 27.2 Å². The van der Waals surface area contributed by atoms with E-state index in [0.717, 1.165) is 28.2 Å². The molecule has 0 radical (unpaired) electrons. The highest BCUT2D eigenvalue weighted by Gasteiger charge is 2.39. The summed E-state index contributed by atoms with van der Waals surface area (Å²) >= 11 is 6.76. The van der Waals surface area contributed by atoms with Crippen LogP contribution in [0.15, 0.2) is 63.6 Å². The van der Waals surface area contributed by atoms with Crippen molar-refractivity contribution in [1.29, 1.82) is 0 Å². The van der Waals surface area contributed by atoms with E-state index in [1.54, 1.807) is 42.5 Å². The Balaban J connectivity index is 1.91. The Bertz CT molecular complexity index is 1130. The summed E-state index contributed by atoms with van der Waals surface area (Å²) in [6, 6.07) is 13.2. The van der Waals surface area contributed by atoms with Gasteiger partial charge in [-0.1, -0.05) is 52.8 Å². The molecule has 0 aliphatic heterocycles. The van der Waals surface area contributed by atoms with Crippen LogP contribution < -0.4 is 0 Å². The van der Waals surface area contributed by atoms with Crippen molar-refractivity contribution < 1.29 is 27.5 Å². The minimum atomic E-state index is -4.71. The van der Waals surface area contributed by atoms with Gasteiger partial charge in [0.05, 0.1) is 24.5 Å². The van der Waals surface area contributed by atoms with Gasteiger partial charge in [-0.25, -0.2) is 4.79 Å². The second kappa shape index (κ2) is 10.1. The number of aryl methyl sites for hydroxylation is 1. The van der Waals surface area contributed by atoms with Crippen LogP contribution in [0.2, 0.25) is 5.02 Å². The Morgan fingerprint density at radius 1 is 1.22 bits per heavy atom. The maximum Gasteiger partial charge on any atom is 0.435 e. The Morgan fingerprint density at radius 3 is 2.56 bits per heavy atom.